The molecule has 0 unspecified atom stereocenters. The molecule has 0 radical (unpaired) electrons. The number of hydrogen-bond acceptors (Lipinski definition) is 2. The van der Waals surface area contributed by atoms with E-state index in [-0.39, 0.29) is 0 Å². The summed E-state index contributed by atoms with van der Waals surface area (Å²) >= 11 is 0. The van der Waals surface area contributed by atoms with Crippen LogP contribution in [0.25, 0.3) is 0 Å². The van der Waals surface area contributed by atoms with Crippen LogP contribution in [-0.2, 0) is 6.42 Å². The van der Waals surface area contributed by atoms with Gasteiger partial charge in [-0.25, -0.2) is 18.2 Å². The van der Waals surface area contributed by atoms with Crippen molar-refractivity contribution >= 4 is 0 Å². The lowest BCUT2D eigenvalue weighted by atomic mass is 10.1. The van der Waals surface area contributed by atoms with Crippen molar-refractivity contribution in [1.29, 1.82) is 5.26 Å². The highest BCUT2D eigenvalue weighted by Gasteiger charge is 2.18. The van der Waals surface area contributed by atoms with E-state index in [1.165, 1.54) is 0 Å². The molecule has 1 aromatic heterocycles. The molecule has 0 bridgehead atoms. The molecular formula is C8H4F4N2. The molecule has 0 atom stereocenters. The van der Waals surface area contributed by atoms with E-state index in [0.717, 1.165) is 0 Å². The number of pyridine rings is 1. The average molecular weight is 204 g/mol. The summed E-state index contributed by atoms with van der Waals surface area (Å²) in [5.74, 6) is -2.92. The van der Waals surface area contributed by atoms with Crippen molar-refractivity contribution in [3.8, 4) is 6.07 Å². The monoisotopic (exact) mass is 204 g/mol. The molecule has 0 aliphatic carbocycles. The Labute approximate surface area is 76.8 Å². The summed E-state index contributed by atoms with van der Waals surface area (Å²) in [6.07, 6.45) is -3.45. The Morgan fingerprint density at radius 2 is 2.07 bits per heavy atom. The van der Waals surface area contributed by atoms with Crippen LogP contribution < -0.4 is 0 Å². The Kier molecular flexibility index (Phi) is 3.02. The Balaban J connectivity index is 3.25. The van der Waals surface area contributed by atoms with Gasteiger partial charge in [0.05, 0.1) is 18.2 Å². The minimum absolute atomic E-state index is 0.361. The quantitative estimate of drug-likeness (QED) is 0.547. The van der Waals surface area contributed by atoms with Gasteiger partial charge in [0.1, 0.15) is 0 Å². The Hall–Kier alpha value is -1.64. The topological polar surface area (TPSA) is 36.7 Å². The smallest absolute Gasteiger partial charge is 0.221 e. The van der Waals surface area contributed by atoms with Crippen LogP contribution in [-0.4, -0.2) is 4.98 Å². The minimum Gasteiger partial charge on any atom is -0.221 e. The Morgan fingerprint density at radius 3 is 2.57 bits per heavy atom. The second-order valence-corrected chi connectivity index (χ2v) is 2.43. The van der Waals surface area contributed by atoms with E-state index in [0.29, 0.717) is 6.07 Å². The van der Waals surface area contributed by atoms with Gasteiger partial charge < -0.3 is 0 Å². The van der Waals surface area contributed by atoms with Crippen molar-refractivity contribution < 1.29 is 17.6 Å². The van der Waals surface area contributed by atoms with E-state index in [1.807, 2.05) is 0 Å². The molecule has 14 heavy (non-hydrogen) atoms. The van der Waals surface area contributed by atoms with Crippen LogP contribution in [0.3, 0.4) is 0 Å². The first kappa shape index (κ1) is 10.4. The zero-order valence-electron chi connectivity index (χ0n) is 6.77. The Bertz CT molecular complexity index is 384. The first-order valence-electron chi connectivity index (χ1n) is 3.56. The van der Waals surface area contributed by atoms with Crippen LogP contribution >= 0.6 is 0 Å². The molecule has 2 nitrogen and oxygen atoms in total. The van der Waals surface area contributed by atoms with Gasteiger partial charge in [0.2, 0.25) is 5.95 Å². The summed E-state index contributed by atoms with van der Waals surface area (Å²) in [5, 5.41) is 8.24. The van der Waals surface area contributed by atoms with Crippen molar-refractivity contribution in [2.45, 2.75) is 12.8 Å². The van der Waals surface area contributed by atoms with Gasteiger partial charge in [-0.3, -0.25) is 0 Å². The zero-order valence-corrected chi connectivity index (χ0v) is 6.77. The summed E-state index contributed by atoms with van der Waals surface area (Å²) in [6, 6.07) is 1.90. The van der Waals surface area contributed by atoms with Gasteiger partial charge >= 0.3 is 0 Å². The second kappa shape index (κ2) is 4.05. The highest BCUT2D eigenvalue weighted by Crippen LogP contribution is 2.23. The van der Waals surface area contributed by atoms with Crippen molar-refractivity contribution in [2.24, 2.45) is 0 Å². The van der Waals surface area contributed by atoms with E-state index >= 15 is 0 Å². The maximum atomic E-state index is 12.5. The molecule has 1 aromatic rings. The average Bonchev–Trinajstić information content (AvgIpc) is 2.11. The molecule has 1 rings (SSSR count). The molecule has 0 aliphatic heterocycles. The van der Waals surface area contributed by atoms with Gasteiger partial charge in [-0.2, -0.15) is 9.65 Å². The summed E-state index contributed by atoms with van der Waals surface area (Å²) in [6.45, 7) is 0. The predicted molar refractivity (Wildman–Crippen MR) is 38.4 cm³/mol. The highest BCUT2D eigenvalue weighted by atomic mass is 19.3. The van der Waals surface area contributed by atoms with Crippen molar-refractivity contribution in [1.82, 2.24) is 4.98 Å². The number of aromatic nitrogens is 1. The van der Waals surface area contributed by atoms with Crippen molar-refractivity contribution in [3.05, 3.63) is 29.1 Å². The molecule has 1 heterocycles. The number of rotatable bonds is 2. The van der Waals surface area contributed by atoms with Gasteiger partial charge in [0.25, 0.3) is 6.43 Å². The fraction of sp³-hybridized carbons (Fsp3) is 0.250. The molecular weight excluding hydrogens is 200 g/mol. The summed E-state index contributed by atoms with van der Waals surface area (Å²) in [4.78, 5) is 2.94. The first-order chi connectivity index (χ1) is 6.56. The van der Waals surface area contributed by atoms with Crippen LogP contribution in [0.2, 0.25) is 0 Å². The molecule has 0 spiro atoms. The van der Waals surface area contributed by atoms with Gasteiger partial charge in [-0.05, 0) is 6.07 Å². The standard InChI is InChI=1S/C8H4F4N2/c9-5-3-4(7(10)11)6(1-2-13)14-8(5)12/h3,7H,1H2. The van der Waals surface area contributed by atoms with Crippen LogP contribution in [0, 0.1) is 23.1 Å². The third-order valence-corrected chi connectivity index (χ3v) is 1.53. The minimum atomic E-state index is -2.97. The van der Waals surface area contributed by atoms with Gasteiger partial charge in [0.15, 0.2) is 5.82 Å². The molecule has 0 saturated carbocycles. The fourth-order valence-electron chi connectivity index (χ4n) is 0.921. The molecule has 0 aliphatic rings. The van der Waals surface area contributed by atoms with E-state index < -0.39 is 35.9 Å². The van der Waals surface area contributed by atoms with Crippen LogP contribution in [0.4, 0.5) is 17.6 Å². The SMILES string of the molecule is N#CCc1nc(F)c(F)cc1C(F)F. The number of halogens is 4. The lowest BCUT2D eigenvalue weighted by molar-refractivity contribution is 0.149. The highest BCUT2D eigenvalue weighted by molar-refractivity contribution is 5.24. The summed E-state index contributed by atoms with van der Waals surface area (Å²) < 4.78 is 49.5. The molecule has 74 valence electrons. The van der Waals surface area contributed by atoms with Gasteiger partial charge in [0, 0.05) is 5.56 Å². The van der Waals surface area contributed by atoms with Crippen LogP contribution in [0.1, 0.15) is 17.7 Å². The maximum absolute atomic E-state index is 12.5. The van der Waals surface area contributed by atoms with Gasteiger partial charge in [-0.15, -0.1) is 0 Å². The van der Waals surface area contributed by atoms with Crippen molar-refractivity contribution in [2.75, 3.05) is 0 Å². The van der Waals surface area contributed by atoms with Crippen molar-refractivity contribution in [3.63, 3.8) is 0 Å². The molecule has 0 aromatic carbocycles. The predicted octanol–water partition coefficient (Wildman–Crippen LogP) is 2.36. The van der Waals surface area contributed by atoms with E-state index in [9.17, 15) is 17.6 Å². The molecule has 0 fully saturated rings. The number of hydrogen-bond donors (Lipinski definition) is 0. The molecule has 6 heteroatoms. The normalized spacial score (nSPS) is 10.3. The third-order valence-electron chi connectivity index (χ3n) is 1.53. The molecule has 0 amide bonds. The largest absolute Gasteiger partial charge is 0.265 e. The van der Waals surface area contributed by atoms with E-state index in [1.54, 1.807) is 6.07 Å². The van der Waals surface area contributed by atoms with E-state index in [4.69, 9.17) is 5.26 Å². The number of nitriles is 1. The van der Waals surface area contributed by atoms with Gasteiger partial charge in [-0.1, -0.05) is 0 Å². The van der Waals surface area contributed by atoms with E-state index in [2.05, 4.69) is 4.98 Å². The number of nitrogens with zero attached hydrogens (tertiary/aromatic N) is 2. The lowest BCUT2D eigenvalue weighted by Gasteiger charge is -2.04. The van der Waals surface area contributed by atoms with Crippen LogP contribution in [0.15, 0.2) is 6.07 Å². The lowest BCUT2D eigenvalue weighted by Crippen LogP contribution is -2.02. The number of alkyl halides is 2. The first-order valence-corrected chi connectivity index (χ1v) is 3.56. The zero-order chi connectivity index (χ0) is 10.7. The van der Waals surface area contributed by atoms with Crippen LogP contribution in [0.5, 0.6) is 0 Å². The summed E-state index contributed by atoms with van der Waals surface area (Å²) in [7, 11) is 0. The Morgan fingerprint density at radius 1 is 1.43 bits per heavy atom. The molecule has 0 N–H and O–H groups in total. The second-order valence-electron chi connectivity index (χ2n) is 2.43. The molecule has 0 saturated heterocycles. The summed E-state index contributed by atoms with van der Waals surface area (Å²) in [5.41, 5.74) is -1.17. The fourth-order valence-corrected chi connectivity index (χ4v) is 0.921. The maximum Gasteiger partial charge on any atom is 0.265 e. The third kappa shape index (κ3) is 1.99.